The third kappa shape index (κ3) is 8.01. The first-order valence-corrected chi connectivity index (χ1v) is 9.64. The first kappa shape index (κ1) is 21.8. The summed E-state index contributed by atoms with van der Waals surface area (Å²) < 4.78 is 0. The summed E-state index contributed by atoms with van der Waals surface area (Å²) in [6, 6.07) is 0. The van der Waals surface area contributed by atoms with Crippen molar-refractivity contribution in [1.82, 2.24) is 41.2 Å². The molecule has 0 aliphatic carbocycles. The van der Waals surface area contributed by atoms with Gasteiger partial charge >= 0.3 is 0 Å². The van der Waals surface area contributed by atoms with Crippen LogP contribution in [-0.2, 0) is 22.4 Å². The van der Waals surface area contributed by atoms with Crippen LogP contribution in [0.5, 0.6) is 0 Å². The molecule has 0 saturated carbocycles. The number of aromatic nitrogens is 8. The molecule has 0 radical (unpaired) electrons. The first-order valence-electron chi connectivity index (χ1n) is 9.64. The fourth-order valence-corrected chi connectivity index (χ4v) is 3.08. The van der Waals surface area contributed by atoms with Gasteiger partial charge in [-0.2, -0.15) is 0 Å². The molecule has 0 fully saturated rings. The van der Waals surface area contributed by atoms with Crippen LogP contribution in [0.3, 0.4) is 0 Å². The fraction of sp³-hybridized carbons (Fsp3) is 0.778. The number of rotatable bonds is 13. The summed E-state index contributed by atoms with van der Waals surface area (Å²) in [5, 5.41) is 27.6. The van der Waals surface area contributed by atoms with E-state index >= 15 is 0 Å². The third-order valence-electron chi connectivity index (χ3n) is 4.91. The monoisotopic (exact) mass is 390 g/mol. The molecule has 0 bridgehead atoms. The average molecular weight is 390 g/mol. The minimum atomic E-state index is -0.0829. The van der Waals surface area contributed by atoms with E-state index in [-0.39, 0.29) is 22.4 Å². The Bertz CT molecular complexity index is 673. The quantitative estimate of drug-likeness (QED) is 0.529. The van der Waals surface area contributed by atoms with E-state index in [9.17, 15) is 9.59 Å². The molecule has 0 spiro atoms. The minimum absolute atomic E-state index is 0.0829. The summed E-state index contributed by atoms with van der Waals surface area (Å²) in [5.41, 5.74) is -0.166. The van der Waals surface area contributed by atoms with Gasteiger partial charge in [0.05, 0.1) is 0 Å². The SMILES string of the molecule is CC(C)(CCC(=O)CCC(=O)CCC(C)(C)Cc1nnn[nH]1)Cc1nnn[nH]1. The number of aromatic amines is 2. The van der Waals surface area contributed by atoms with Crippen molar-refractivity contribution >= 4 is 11.6 Å². The zero-order chi connectivity index (χ0) is 20.6. The van der Waals surface area contributed by atoms with E-state index in [4.69, 9.17) is 0 Å². The molecule has 2 aromatic heterocycles. The molecular weight excluding hydrogens is 360 g/mol. The number of tetrazole rings is 2. The highest BCUT2D eigenvalue weighted by atomic mass is 16.1. The summed E-state index contributed by atoms with van der Waals surface area (Å²) >= 11 is 0. The van der Waals surface area contributed by atoms with Crippen molar-refractivity contribution in [2.75, 3.05) is 0 Å². The Kier molecular flexibility index (Phi) is 7.47. The predicted octanol–water partition coefficient (Wildman–Crippen LogP) is 2.03. The highest BCUT2D eigenvalue weighted by Gasteiger charge is 2.23. The molecule has 0 aromatic carbocycles. The maximum atomic E-state index is 12.2. The second-order valence-electron chi connectivity index (χ2n) is 8.96. The van der Waals surface area contributed by atoms with Crippen molar-refractivity contribution in [3.05, 3.63) is 11.6 Å². The molecule has 2 aromatic rings. The van der Waals surface area contributed by atoms with Crippen LogP contribution >= 0.6 is 0 Å². The van der Waals surface area contributed by atoms with Gasteiger partial charge in [-0.3, -0.25) is 9.59 Å². The summed E-state index contributed by atoms with van der Waals surface area (Å²) in [6.07, 6.45) is 4.38. The smallest absolute Gasteiger partial charge is 0.148 e. The largest absolute Gasteiger partial charge is 0.300 e. The highest BCUT2D eigenvalue weighted by molar-refractivity contribution is 5.86. The lowest BCUT2D eigenvalue weighted by Crippen LogP contribution is -2.19. The molecule has 0 aliphatic rings. The molecule has 0 amide bonds. The van der Waals surface area contributed by atoms with Crippen LogP contribution < -0.4 is 0 Å². The van der Waals surface area contributed by atoms with Crippen LogP contribution in [0.25, 0.3) is 0 Å². The van der Waals surface area contributed by atoms with Gasteiger partial charge in [-0.25, -0.2) is 10.2 Å². The molecule has 28 heavy (non-hydrogen) atoms. The zero-order valence-corrected chi connectivity index (χ0v) is 17.2. The fourth-order valence-electron chi connectivity index (χ4n) is 3.08. The predicted molar refractivity (Wildman–Crippen MR) is 101 cm³/mol. The average Bonchev–Trinajstić information content (AvgIpc) is 3.30. The van der Waals surface area contributed by atoms with Gasteiger partial charge in [0.25, 0.3) is 0 Å². The van der Waals surface area contributed by atoms with Gasteiger partial charge in [-0.15, -0.1) is 10.2 Å². The summed E-state index contributed by atoms with van der Waals surface area (Å²) in [6.45, 7) is 8.33. The van der Waals surface area contributed by atoms with Crippen LogP contribution in [0.4, 0.5) is 0 Å². The van der Waals surface area contributed by atoms with Gasteiger partial charge in [0.15, 0.2) is 0 Å². The van der Waals surface area contributed by atoms with Gasteiger partial charge in [-0.1, -0.05) is 27.7 Å². The number of nitrogens with zero attached hydrogens (tertiary/aromatic N) is 6. The summed E-state index contributed by atoms with van der Waals surface area (Å²) in [4.78, 5) is 24.4. The van der Waals surface area contributed by atoms with Crippen molar-refractivity contribution in [2.24, 2.45) is 10.8 Å². The van der Waals surface area contributed by atoms with Crippen molar-refractivity contribution in [3.63, 3.8) is 0 Å². The molecule has 154 valence electrons. The third-order valence-corrected chi connectivity index (χ3v) is 4.91. The number of carbonyl (C=O) groups excluding carboxylic acids is 2. The molecule has 10 nitrogen and oxygen atoms in total. The van der Waals surface area contributed by atoms with E-state index in [1.165, 1.54) is 0 Å². The van der Waals surface area contributed by atoms with Crippen LogP contribution in [0.15, 0.2) is 0 Å². The number of ketones is 2. The Balaban J connectivity index is 1.64. The lowest BCUT2D eigenvalue weighted by molar-refractivity contribution is -0.124. The van der Waals surface area contributed by atoms with Crippen molar-refractivity contribution in [2.45, 2.75) is 79.1 Å². The number of hydrogen-bond donors (Lipinski definition) is 2. The Morgan fingerprint density at radius 1 is 0.714 bits per heavy atom. The van der Waals surface area contributed by atoms with E-state index in [2.05, 4.69) is 68.9 Å². The van der Waals surface area contributed by atoms with Crippen LogP contribution in [-0.4, -0.2) is 52.8 Å². The van der Waals surface area contributed by atoms with Crippen molar-refractivity contribution in [1.29, 1.82) is 0 Å². The number of hydrogen-bond acceptors (Lipinski definition) is 8. The van der Waals surface area contributed by atoms with Crippen LogP contribution in [0.2, 0.25) is 0 Å². The number of carbonyl (C=O) groups is 2. The van der Waals surface area contributed by atoms with E-state index in [1.807, 2.05) is 0 Å². The molecule has 2 heterocycles. The normalized spacial score (nSPS) is 12.3. The number of H-pyrrole nitrogens is 2. The lowest BCUT2D eigenvalue weighted by Gasteiger charge is -2.23. The second-order valence-corrected chi connectivity index (χ2v) is 8.96. The molecule has 0 aliphatic heterocycles. The maximum absolute atomic E-state index is 12.2. The Labute approximate surface area is 164 Å². The van der Waals surface area contributed by atoms with Gasteiger partial charge < -0.3 is 0 Å². The molecule has 0 saturated heterocycles. The molecule has 2 rings (SSSR count). The number of Topliss-reactive ketones (excluding diaryl/α,β-unsaturated/α-hetero) is 2. The summed E-state index contributed by atoms with van der Waals surface area (Å²) in [5.74, 6) is 1.70. The van der Waals surface area contributed by atoms with E-state index < -0.39 is 0 Å². The van der Waals surface area contributed by atoms with Gasteiger partial charge in [-0.05, 0) is 44.5 Å². The maximum Gasteiger partial charge on any atom is 0.148 e. The van der Waals surface area contributed by atoms with Crippen molar-refractivity contribution < 1.29 is 9.59 Å². The first-order chi connectivity index (χ1) is 13.2. The highest BCUT2D eigenvalue weighted by Crippen LogP contribution is 2.28. The topological polar surface area (TPSA) is 143 Å². The Hall–Kier alpha value is -2.52. The molecule has 0 unspecified atom stereocenters. The van der Waals surface area contributed by atoms with Gasteiger partial charge in [0, 0.05) is 38.5 Å². The minimum Gasteiger partial charge on any atom is -0.300 e. The van der Waals surface area contributed by atoms with Crippen LogP contribution in [0.1, 0.15) is 77.9 Å². The number of nitrogens with one attached hydrogen (secondary N) is 2. The molecule has 10 heteroatoms. The van der Waals surface area contributed by atoms with E-state index in [1.54, 1.807) is 0 Å². The lowest BCUT2D eigenvalue weighted by atomic mass is 9.82. The Morgan fingerprint density at radius 3 is 1.43 bits per heavy atom. The molecular formula is C18H30N8O2. The van der Waals surface area contributed by atoms with Gasteiger partial charge in [0.1, 0.15) is 23.2 Å². The zero-order valence-electron chi connectivity index (χ0n) is 17.2. The summed E-state index contributed by atoms with van der Waals surface area (Å²) in [7, 11) is 0. The Morgan fingerprint density at radius 2 is 1.11 bits per heavy atom. The molecule has 2 N–H and O–H groups in total. The van der Waals surface area contributed by atoms with E-state index in [0.717, 1.165) is 24.5 Å². The van der Waals surface area contributed by atoms with Crippen molar-refractivity contribution in [3.8, 4) is 0 Å². The van der Waals surface area contributed by atoms with Gasteiger partial charge in [0.2, 0.25) is 0 Å². The second kappa shape index (κ2) is 9.61. The van der Waals surface area contributed by atoms with Crippen LogP contribution in [0, 0.1) is 10.8 Å². The standard InChI is InChI=1S/C18H30N8O2/c1-17(2,11-15-19-23-24-20-15)9-7-13(27)5-6-14(28)8-10-18(3,4)12-16-21-25-26-22-16/h5-12H2,1-4H3,(H,19,20,23,24)(H,21,22,25,26). The van der Waals surface area contributed by atoms with E-state index in [0.29, 0.717) is 38.5 Å². The molecule has 0 atom stereocenters.